The van der Waals surface area contributed by atoms with Crippen molar-refractivity contribution in [3.8, 4) is 0 Å². The Bertz CT molecular complexity index is 606. The van der Waals surface area contributed by atoms with Gasteiger partial charge in [-0.1, -0.05) is 13.8 Å². The molecule has 0 aromatic carbocycles. The predicted octanol–water partition coefficient (Wildman–Crippen LogP) is 2.11. The summed E-state index contributed by atoms with van der Waals surface area (Å²) in [5.41, 5.74) is 1.10. The Labute approximate surface area is 121 Å². The van der Waals surface area contributed by atoms with Crippen LogP contribution in [0.5, 0.6) is 0 Å². The number of rotatable bonds is 5. The van der Waals surface area contributed by atoms with Gasteiger partial charge in [0.15, 0.2) is 0 Å². The molecule has 1 saturated carbocycles. The number of tetrazole rings is 1. The van der Waals surface area contributed by atoms with Gasteiger partial charge in [0.25, 0.3) is 0 Å². The van der Waals surface area contributed by atoms with Gasteiger partial charge in [-0.05, 0) is 40.9 Å². The fourth-order valence-corrected chi connectivity index (χ4v) is 3.14. The van der Waals surface area contributed by atoms with Gasteiger partial charge in [0, 0.05) is 12.6 Å². The van der Waals surface area contributed by atoms with Crippen molar-refractivity contribution < 1.29 is 0 Å². The average molecular weight is 291 g/mol. The van der Waals surface area contributed by atoms with E-state index < -0.39 is 0 Å². The number of anilines is 1. The molecule has 7 nitrogen and oxygen atoms in total. The molecule has 0 amide bonds. The largest absolute Gasteiger partial charge is 0.373 e. The molecule has 0 unspecified atom stereocenters. The zero-order valence-corrected chi connectivity index (χ0v) is 12.6. The molecule has 0 saturated heterocycles. The maximum Gasteiger partial charge on any atom is 0.215 e. The normalized spacial score (nSPS) is 14.8. The summed E-state index contributed by atoms with van der Waals surface area (Å²) in [7, 11) is 1.87. The highest BCUT2D eigenvalue weighted by Gasteiger charge is 2.29. The Hall–Kier alpha value is -1.70. The van der Waals surface area contributed by atoms with Gasteiger partial charge in [-0.25, -0.2) is 14.6 Å². The van der Waals surface area contributed by atoms with Crippen molar-refractivity contribution in [1.82, 2.24) is 30.2 Å². The van der Waals surface area contributed by atoms with Crippen molar-refractivity contribution in [2.45, 2.75) is 48.8 Å². The SMILES string of the molecule is CNc1ncnc(Sc2nnnn2C2CC2)c1C(C)C. The molecular formula is C12H17N7S. The van der Waals surface area contributed by atoms with Crippen LogP contribution in [0.25, 0.3) is 0 Å². The van der Waals surface area contributed by atoms with Crippen molar-refractivity contribution in [3.63, 3.8) is 0 Å². The second kappa shape index (κ2) is 5.35. The molecule has 0 bridgehead atoms. The first-order valence-corrected chi connectivity index (χ1v) is 7.50. The van der Waals surface area contributed by atoms with Crippen molar-refractivity contribution in [3.05, 3.63) is 11.9 Å². The number of hydrogen-bond donors (Lipinski definition) is 1. The minimum Gasteiger partial charge on any atom is -0.373 e. The molecule has 1 aliphatic carbocycles. The molecule has 0 atom stereocenters. The second-order valence-electron chi connectivity index (χ2n) is 5.09. The summed E-state index contributed by atoms with van der Waals surface area (Å²) < 4.78 is 1.90. The van der Waals surface area contributed by atoms with Crippen molar-refractivity contribution >= 4 is 17.6 Å². The molecule has 1 N–H and O–H groups in total. The van der Waals surface area contributed by atoms with Crippen LogP contribution in [0.15, 0.2) is 16.5 Å². The molecule has 2 heterocycles. The van der Waals surface area contributed by atoms with Gasteiger partial charge in [0.2, 0.25) is 5.16 Å². The Morgan fingerprint density at radius 3 is 2.80 bits per heavy atom. The Morgan fingerprint density at radius 2 is 2.15 bits per heavy atom. The van der Waals surface area contributed by atoms with E-state index in [-0.39, 0.29) is 0 Å². The monoisotopic (exact) mass is 291 g/mol. The maximum atomic E-state index is 4.41. The first kappa shape index (κ1) is 13.3. The van der Waals surface area contributed by atoms with Crippen molar-refractivity contribution in [1.29, 1.82) is 0 Å². The smallest absolute Gasteiger partial charge is 0.215 e. The zero-order valence-electron chi connectivity index (χ0n) is 11.7. The lowest BCUT2D eigenvalue weighted by molar-refractivity contribution is 0.565. The van der Waals surface area contributed by atoms with E-state index in [1.165, 1.54) is 11.8 Å². The Kier molecular flexibility index (Phi) is 3.56. The first-order chi connectivity index (χ1) is 9.70. The topological polar surface area (TPSA) is 81.4 Å². The third-order valence-corrected chi connectivity index (χ3v) is 4.17. The second-order valence-corrected chi connectivity index (χ2v) is 6.04. The van der Waals surface area contributed by atoms with Gasteiger partial charge in [0.1, 0.15) is 17.2 Å². The minimum absolute atomic E-state index is 0.325. The maximum absolute atomic E-state index is 4.41. The standard InChI is InChI=1S/C12H17N7S/c1-7(2)9-10(13-3)14-6-15-11(9)20-12-16-17-18-19(12)8-4-5-8/h6-8H,4-5H2,1-3H3,(H,13,14,15). The summed E-state index contributed by atoms with van der Waals surface area (Å²) in [6, 6.07) is 0.459. The van der Waals surface area contributed by atoms with E-state index in [9.17, 15) is 0 Å². The summed E-state index contributed by atoms with van der Waals surface area (Å²) in [4.78, 5) is 8.69. The van der Waals surface area contributed by atoms with Gasteiger partial charge < -0.3 is 5.32 Å². The van der Waals surface area contributed by atoms with Crippen LogP contribution in [0.1, 0.15) is 44.2 Å². The molecule has 2 aromatic rings. The summed E-state index contributed by atoms with van der Waals surface area (Å²) in [5.74, 6) is 1.19. The molecule has 106 valence electrons. The lowest BCUT2D eigenvalue weighted by Crippen LogP contribution is -2.05. The van der Waals surface area contributed by atoms with E-state index in [1.54, 1.807) is 6.33 Å². The third kappa shape index (κ3) is 2.47. The predicted molar refractivity (Wildman–Crippen MR) is 75.9 cm³/mol. The van der Waals surface area contributed by atoms with Gasteiger partial charge in [-0.3, -0.25) is 0 Å². The fraction of sp³-hybridized carbons (Fsp3) is 0.583. The van der Waals surface area contributed by atoms with Crippen molar-refractivity contribution in [2.24, 2.45) is 0 Å². The van der Waals surface area contributed by atoms with E-state index in [1.807, 2.05) is 11.7 Å². The van der Waals surface area contributed by atoms with Crippen LogP contribution in [0.3, 0.4) is 0 Å². The summed E-state index contributed by atoms with van der Waals surface area (Å²) in [5, 5.41) is 16.8. The number of nitrogens with one attached hydrogen (secondary N) is 1. The molecule has 8 heteroatoms. The van der Waals surface area contributed by atoms with E-state index in [4.69, 9.17) is 0 Å². The van der Waals surface area contributed by atoms with E-state index in [2.05, 4.69) is 44.7 Å². The molecule has 0 radical (unpaired) electrons. The highest BCUT2D eigenvalue weighted by atomic mass is 32.2. The van der Waals surface area contributed by atoms with Crippen molar-refractivity contribution in [2.75, 3.05) is 12.4 Å². The van der Waals surface area contributed by atoms with E-state index >= 15 is 0 Å². The van der Waals surface area contributed by atoms with E-state index in [0.29, 0.717) is 12.0 Å². The van der Waals surface area contributed by atoms with Gasteiger partial charge in [-0.2, -0.15) is 0 Å². The zero-order chi connectivity index (χ0) is 14.1. The summed E-state index contributed by atoms with van der Waals surface area (Å²) >= 11 is 1.51. The molecule has 0 aliphatic heterocycles. The van der Waals surface area contributed by atoms with Crippen LogP contribution in [0.4, 0.5) is 5.82 Å². The summed E-state index contributed by atoms with van der Waals surface area (Å²) in [6.45, 7) is 4.26. The quantitative estimate of drug-likeness (QED) is 0.845. The highest BCUT2D eigenvalue weighted by Crippen LogP contribution is 2.39. The first-order valence-electron chi connectivity index (χ1n) is 6.69. The lowest BCUT2D eigenvalue weighted by Gasteiger charge is -2.14. The van der Waals surface area contributed by atoms with Gasteiger partial charge in [-0.15, -0.1) is 5.10 Å². The van der Waals surface area contributed by atoms with Gasteiger partial charge >= 0.3 is 0 Å². The highest BCUT2D eigenvalue weighted by molar-refractivity contribution is 7.99. The molecule has 0 spiro atoms. The van der Waals surface area contributed by atoms with E-state index in [0.717, 1.165) is 34.4 Å². The van der Waals surface area contributed by atoms with Crippen LogP contribution in [0, 0.1) is 0 Å². The van der Waals surface area contributed by atoms with Crippen LogP contribution in [-0.2, 0) is 0 Å². The molecule has 20 heavy (non-hydrogen) atoms. The van der Waals surface area contributed by atoms with Crippen LogP contribution >= 0.6 is 11.8 Å². The van der Waals surface area contributed by atoms with Crippen LogP contribution in [-0.4, -0.2) is 37.2 Å². The molecule has 1 fully saturated rings. The fourth-order valence-electron chi connectivity index (χ4n) is 2.07. The number of nitrogens with zero attached hydrogens (tertiary/aromatic N) is 6. The molecular weight excluding hydrogens is 274 g/mol. The van der Waals surface area contributed by atoms with Crippen LogP contribution < -0.4 is 5.32 Å². The number of hydrogen-bond acceptors (Lipinski definition) is 7. The van der Waals surface area contributed by atoms with Gasteiger partial charge in [0.05, 0.1) is 6.04 Å². The summed E-state index contributed by atoms with van der Waals surface area (Å²) in [6.07, 6.45) is 3.88. The molecule has 2 aromatic heterocycles. The molecule has 1 aliphatic rings. The lowest BCUT2D eigenvalue weighted by atomic mass is 10.1. The third-order valence-electron chi connectivity index (χ3n) is 3.20. The Balaban J connectivity index is 1.95. The average Bonchev–Trinajstić information content (AvgIpc) is 3.18. The minimum atomic E-state index is 0.325. The Morgan fingerprint density at radius 1 is 1.35 bits per heavy atom. The number of aromatic nitrogens is 6. The van der Waals surface area contributed by atoms with Crippen LogP contribution in [0.2, 0.25) is 0 Å². The molecule has 3 rings (SSSR count).